The molecule has 1 aliphatic carbocycles. The molecule has 0 saturated carbocycles. The molecule has 15 heavy (non-hydrogen) atoms. The van der Waals surface area contributed by atoms with Crippen molar-refractivity contribution >= 4 is 0 Å². The van der Waals surface area contributed by atoms with E-state index in [1.54, 1.807) is 7.11 Å². The van der Waals surface area contributed by atoms with Crippen molar-refractivity contribution in [3.63, 3.8) is 0 Å². The monoisotopic (exact) mass is 205 g/mol. The van der Waals surface area contributed by atoms with Crippen LogP contribution in [-0.2, 0) is 6.42 Å². The molecule has 0 fully saturated rings. The Morgan fingerprint density at radius 3 is 3.07 bits per heavy atom. The van der Waals surface area contributed by atoms with Gasteiger partial charge in [-0.05, 0) is 49.1 Å². The summed E-state index contributed by atoms with van der Waals surface area (Å²) in [5, 5.41) is 3.54. The first-order valence-electron chi connectivity index (χ1n) is 5.75. The van der Waals surface area contributed by atoms with Crippen LogP contribution in [0, 0.1) is 0 Å². The second-order valence-corrected chi connectivity index (χ2v) is 4.07. The first kappa shape index (κ1) is 10.5. The summed E-state index contributed by atoms with van der Waals surface area (Å²) in [5.41, 5.74) is 2.91. The van der Waals surface area contributed by atoms with Gasteiger partial charge in [-0.1, -0.05) is 13.0 Å². The summed E-state index contributed by atoms with van der Waals surface area (Å²) in [7, 11) is 1.73. The molecule has 0 aliphatic heterocycles. The van der Waals surface area contributed by atoms with E-state index in [1.165, 1.54) is 30.4 Å². The van der Waals surface area contributed by atoms with Crippen molar-refractivity contribution < 1.29 is 4.74 Å². The number of fused-ring (bicyclic) bond motifs is 1. The molecule has 0 saturated heterocycles. The molecule has 0 aromatic heterocycles. The Bertz CT molecular complexity index is 335. The van der Waals surface area contributed by atoms with Crippen LogP contribution in [0.2, 0.25) is 0 Å². The van der Waals surface area contributed by atoms with Gasteiger partial charge in [-0.2, -0.15) is 0 Å². The van der Waals surface area contributed by atoms with Crippen LogP contribution in [0.5, 0.6) is 5.75 Å². The highest BCUT2D eigenvalue weighted by molar-refractivity contribution is 5.39. The number of ether oxygens (including phenoxy) is 1. The maximum absolute atomic E-state index is 5.26. The Morgan fingerprint density at radius 2 is 2.33 bits per heavy atom. The molecule has 0 bridgehead atoms. The number of benzene rings is 1. The molecular formula is C13H19NO. The Hall–Kier alpha value is -1.02. The molecule has 82 valence electrons. The van der Waals surface area contributed by atoms with Gasteiger partial charge in [-0.25, -0.2) is 0 Å². The topological polar surface area (TPSA) is 21.3 Å². The predicted octanol–water partition coefficient (Wildman–Crippen LogP) is 2.68. The first-order chi connectivity index (χ1) is 7.35. The third-order valence-electron chi connectivity index (χ3n) is 3.11. The molecule has 0 radical (unpaired) electrons. The Balaban J connectivity index is 2.28. The summed E-state index contributed by atoms with van der Waals surface area (Å²) in [5.74, 6) is 0.978. The average molecular weight is 205 g/mol. The average Bonchev–Trinajstić information content (AvgIpc) is 2.29. The summed E-state index contributed by atoms with van der Waals surface area (Å²) >= 11 is 0. The van der Waals surface area contributed by atoms with E-state index >= 15 is 0 Å². The van der Waals surface area contributed by atoms with E-state index in [9.17, 15) is 0 Å². The lowest BCUT2D eigenvalue weighted by atomic mass is 9.87. The van der Waals surface area contributed by atoms with Gasteiger partial charge < -0.3 is 10.1 Å². The maximum Gasteiger partial charge on any atom is 0.119 e. The summed E-state index contributed by atoms with van der Waals surface area (Å²) in [6, 6.07) is 7.00. The second-order valence-electron chi connectivity index (χ2n) is 4.07. The van der Waals surface area contributed by atoms with Gasteiger partial charge in [-0.3, -0.25) is 0 Å². The van der Waals surface area contributed by atoms with E-state index in [2.05, 4.69) is 30.4 Å². The van der Waals surface area contributed by atoms with Crippen molar-refractivity contribution in [1.82, 2.24) is 5.32 Å². The lowest BCUT2D eigenvalue weighted by Gasteiger charge is -2.26. The molecule has 1 aromatic carbocycles. The zero-order valence-electron chi connectivity index (χ0n) is 9.55. The highest BCUT2D eigenvalue weighted by Gasteiger charge is 2.19. The summed E-state index contributed by atoms with van der Waals surface area (Å²) in [6.07, 6.45) is 3.72. The number of hydrogen-bond acceptors (Lipinski definition) is 2. The van der Waals surface area contributed by atoms with Crippen molar-refractivity contribution in [3.8, 4) is 5.75 Å². The van der Waals surface area contributed by atoms with E-state index in [1.807, 2.05) is 0 Å². The molecule has 2 nitrogen and oxygen atoms in total. The number of nitrogens with one attached hydrogen (secondary N) is 1. The van der Waals surface area contributed by atoms with Crippen LogP contribution in [0.3, 0.4) is 0 Å². The van der Waals surface area contributed by atoms with Crippen molar-refractivity contribution in [2.24, 2.45) is 0 Å². The van der Waals surface area contributed by atoms with Gasteiger partial charge >= 0.3 is 0 Å². The number of rotatable bonds is 3. The minimum atomic E-state index is 0.546. The largest absolute Gasteiger partial charge is 0.497 e. The Labute approximate surface area is 91.6 Å². The fraction of sp³-hybridized carbons (Fsp3) is 0.538. The van der Waals surface area contributed by atoms with Gasteiger partial charge in [0.1, 0.15) is 5.75 Å². The number of hydrogen-bond donors (Lipinski definition) is 1. The van der Waals surface area contributed by atoms with Gasteiger partial charge in [0.05, 0.1) is 7.11 Å². The van der Waals surface area contributed by atoms with Crippen LogP contribution in [0.15, 0.2) is 18.2 Å². The lowest BCUT2D eigenvalue weighted by molar-refractivity contribution is 0.411. The van der Waals surface area contributed by atoms with Crippen LogP contribution < -0.4 is 10.1 Å². The quantitative estimate of drug-likeness (QED) is 0.819. The molecular weight excluding hydrogens is 186 g/mol. The van der Waals surface area contributed by atoms with Gasteiger partial charge in [-0.15, -0.1) is 0 Å². The molecule has 1 aromatic rings. The van der Waals surface area contributed by atoms with Crippen LogP contribution in [0.4, 0.5) is 0 Å². The molecule has 1 N–H and O–H groups in total. The van der Waals surface area contributed by atoms with Crippen molar-refractivity contribution in [3.05, 3.63) is 29.3 Å². The zero-order valence-corrected chi connectivity index (χ0v) is 9.55. The van der Waals surface area contributed by atoms with Gasteiger partial charge in [0, 0.05) is 6.04 Å². The number of aryl methyl sites for hydroxylation is 1. The third kappa shape index (κ3) is 2.15. The van der Waals surface area contributed by atoms with Crippen molar-refractivity contribution in [2.75, 3.05) is 13.7 Å². The molecule has 0 unspecified atom stereocenters. The lowest BCUT2D eigenvalue weighted by Crippen LogP contribution is -2.24. The normalized spacial score (nSPS) is 19.7. The minimum Gasteiger partial charge on any atom is -0.497 e. The van der Waals surface area contributed by atoms with Crippen LogP contribution in [0.25, 0.3) is 0 Å². The summed E-state index contributed by atoms with van der Waals surface area (Å²) < 4.78 is 5.26. The molecule has 2 rings (SSSR count). The van der Waals surface area contributed by atoms with E-state index in [-0.39, 0.29) is 0 Å². The molecule has 2 heteroatoms. The summed E-state index contributed by atoms with van der Waals surface area (Å²) in [4.78, 5) is 0. The fourth-order valence-corrected chi connectivity index (χ4v) is 2.38. The molecule has 0 amide bonds. The van der Waals surface area contributed by atoms with E-state index in [4.69, 9.17) is 4.74 Å². The van der Waals surface area contributed by atoms with E-state index < -0.39 is 0 Å². The van der Waals surface area contributed by atoms with E-state index in [0.717, 1.165) is 12.3 Å². The van der Waals surface area contributed by atoms with Crippen LogP contribution in [-0.4, -0.2) is 13.7 Å². The first-order valence-corrected chi connectivity index (χ1v) is 5.75. The third-order valence-corrected chi connectivity index (χ3v) is 3.11. The molecule has 1 atom stereocenters. The van der Waals surface area contributed by atoms with Gasteiger partial charge in [0.15, 0.2) is 0 Å². The Kier molecular flexibility index (Phi) is 3.27. The predicted molar refractivity (Wildman–Crippen MR) is 62.3 cm³/mol. The minimum absolute atomic E-state index is 0.546. The van der Waals surface area contributed by atoms with E-state index in [0.29, 0.717) is 6.04 Å². The van der Waals surface area contributed by atoms with Crippen LogP contribution in [0.1, 0.15) is 36.9 Å². The smallest absolute Gasteiger partial charge is 0.119 e. The summed E-state index contributed by atoms with van der Waals surface area (Å²) in [6.45, 7) is 3.20. The highest BCUT2D eigenvalue weighted by Crippen LogP contribution is 2.31. The zero-order chi connectivity index (χ0) is 10.7. The SMILES string of the molecule is CCN[C@H]1CCCc2cc(OC)ccc21. The number of methoxy groups -OCH3 is 1. The van der Waals surface area contributed by atoms with Gasteiger partial charge in [0.2, 0.25) is 0 Å². The second kappa shape index (κ2) is 4.67. The molecule has 0 spiro atoms. The maximum atomic E-state index is 5.26. The standard InChI is InChI=1S/C13H19NO/c1-3-14-13-6-4-5-10-9-11(15-2)7-8-12(10)13/h7-9,13-14H,3-6H2,1-2H3/t13-/m0/s1. The van der Waals surface area contributed by atoms with Gasteiger partial charge in [0.25, 0.3) is 0 Å². The highest BCUT2D eigenvalue weighted by atomic mass is 16.5. The van der Waals surface area contributed by atoms with Crippen molar-refractivity contribution in [2.45, 2.75) is 32.2 Å². The molecule has 0 heterocycles. The fourth-order valence-electron chi connectivity index (χ4n) is 2.38. The van der Waals surface area contributed by atoms with Crippen LogP contribution >= 0.6 is 0 Å². The Morgan fingerprint density at radius 1 is 1.47 bits per heavy atom. The molecule has 1 aliphatic rings. The van der Waals surface area contributed by atoms with Crippen molar-refractivity contribution in [1.29, 1.82) is 0 Å².